The average molecular weight is 306 g/mol. The van der Waals surface area contributed by atoms with Crippen LogP contribution in [0, 0.1) is 0 Å². The van der Waals surface area contributed by atoms with Crippen molar-refractivity contribution in [2.24, 2.45) is 0 Å². The van der Waals surface area contributed by atoms with Gasteiger partial charge in [0.1, 0.15) is 16.7 Å². The van der Waals surface area contributed by atoms with Crippen LogP contribution in [0.2, 0.25) is 5.15 Å². The van der Waals surface area contributed by atoms with Crippen LogP contribution >= 0.6 is 11.6 Å². The first-order chi connectivity index (χ1) is 10.0. The number of halogens is 1. The molecule has 1 atom stereocenters. The molecule has 3 rings (SSSR count). The molecule has 0 bridgehead atoms. The number of fused-ring (bicyclic) bond motifs is 1. The van der Waals surface area contributed by atoms with Crippen LogP contribution in [0.5, 0.6) is 17.4 Å². The zero-order chi connectivity index (χ0) is 15.0. The Kier molecular flexibility index (Phi) is 3.39. The minimum atomic E-state index is -0.249. The molecular weight excluding hydrogens is 294 g/mol. The molecule has 1 aromatic heterocycles. The third-order valence-electron chi connectivity index (χ3n) is 3.12. The fourth-order valence-corrected chi connectivity index (χ4v) is 2.36. The van der Waals surface area contributed by atoms with E-state index < -0.39 is 0 Å². The molecule has 0 saturated heterocycles. The molecule has 21 heavy (non-hydrogen) atoms. The Morgan fingerprint density at radius 2 is 2.19 bits per heavy atom. The molecule has 1 aromatic carbocycles. The summed E-state index contributed by atoms with van der Waals surface area (Å²) < 4.78 is 10.8. The van der Waals surface area contributed by atoms with Gasteiger partial charge in [0.2, 0.25) is 11.8 Å². The van der Waals surface area contributed by atoms with Crippen molar-refractivity contribution in [2.45, 2.75) is 19.3 Å². The van der Waals surface area contributed by atoms with Crippen LogP contribution in [0.3, 0.4) is 0 Å². The Morgan fingerprint density at radius 1 is 1.38 bits per heavy atom. The predicted octanol–water partition coefficient (Wildman–Crippen LogP) is 2.92. The lowest BCUT2D eigenvalue weighted by Crippen LogP contribution is -2.18. The fourth-order valence-electron chi connectivity index (χ4n) is 2.18. The third kappa shape index (κ3) is 2.90. The Hall–Kier alpha value is -2.34. The quantitative estimate of drug-likeness (QED) is 0.521. The molecule has 0 spiro atoms. The van der Waals surface area contributed by atoms with Crippen LogP contribution in [0.1, 0.15) is 24.8 Å². The Bertz CT molecular complexity index is 700. The highest BCUT2D eigenvalue weighted by Crippen LogP contribution is 2.37. The largest absolute Gasteiger partial charge is 0.439 e. The van der Waals surface area contributed by atoms with Crippen LogP contribution in [-0.2, 0) is 4.79 Å². The number of carbonyl (C=O) groups excluding carboxylic acids is 1. The summed E-state index contributed by atoms with van der Waals surface area (Å²) in [6.45, 7) is 1.98. The monoisotopic (exact) mass is 305 g/mol. The summed E-state index contributed by atoms with van der Waals surface area (Å²) in [5, 5.41) is 0.190. The summed E-state index contributed by atoms with van der Waals surface area (Å²) in [7, 11) is 0. The average Bonchev–Trinajstić information content (AvgIpc) is 2.36. The normalized spacial score (nSPS) is 17.0. The first kappa shape index (κ1) is 13.6. The van der Waals surface area contributed by atoms with Crippen molar-refractivity contribution < 1.29 is 14.3 Å². The Morgan fingerprint density at radius 3 is 2.95 bits per heavy atom. The molecule has 2 heterocycles. The lowest BCUT2D eigenvalue weighted by atomic mass is 9.95. The Balaban J connectivity index is 1.90. The van der Waals surface area contributed by atoms with Gasteiger partial charge in [-0.2, -0.15) is 4.98 Å². The molecule has 6 nitrogen and oxygen atoms in total. The first-order valence-electron chi connectivity index (χ1n) is 6.34. The number of anilines is 1. The summed E-state index contributed by atoms with van der Waals surface area (Å²) in [6, 6.07) is 6.75. The summed E-state index contributed by atoms with van der Waals surface area (Å²) >= 11 is 5.79. The number of nitrogens with zero attached hydrogens (tertiary/aromatic N) is 2. The molecule has 2 aromatic rings. The van der Waals surface area contributed by atoms with Crippen molar-refractivity contribution in [3.63, 3.8) is 0 Å². The van der Waals surface area contributed by atoms with E-state index in [0.29, 0.717) is 17.9 Å². The van der Waals surface area contributed by atoms with E-state index in [4.69, 9.17) is 26.8 Å². The van der Waals surface area contributed by atoms with Gasteiger partial charge in [0.25, 0.3) is 0 Å². The molecule has 1 aliphatic heterocycles. The highest BCUT2D eigenvalue weighted by atomic mass is 35.5. The first-order valence-corrected chi connectivity index (χ1v) is 6.71. The summed E-state index contributed by atoms with van der Waals surface area (Å²) in [5.74, 6) is 1.10. The van der Waals surface area contributed by atoms with Gasteiger partial charge >= 0.3 is 5.97 Å². The van der Waals surface area contributed by atoms with Crippen molar-refractivity contribution in [1.29, 1.82) is 0 Å². The minimum Gasteiger partial charge on any atom is -0.439 e. The maximum Gasteiger partial charge on any atom is 0.311 e. The number of ether oxygens (including phenoxy) is 2. The maximum absolute atomic E-state index is 11.5. The lowest BCUT2D eigenvalue weighted by molar-refractivity contribution is -0.135. The summed E-state index contributed by atoms with van der Waals surface area (Å²) in [4.78, 5) is 19.1. The van der Waals surface area contributed by atoms with E-state index in [2.05, 4.69) is 9.97 Å². The second-order valence-electron chi connectivity index (χ2n) is 4.77. The number of esters is 1. The van der Waals surface area contributed by atoms with Gasteiger partial charge in [-0.25, -0.2) is 4.98 Å². The number of hydrogen-bond acceptors (Lipinski definition) is 6. The zero-order valence-electron chi connectivity index (χ0n) is 11.2. The minimum absolute atomic E-state index is 0.0236. The van der Waals surface area contributed by atoms with Crippen LogP contribution in [-0.4, -0.2) is 15.9 Å². The summed E-state index contributed by atoms with van der Waals surface area (Å²) in [5.41, 5.74) is 6.48. The van der Waals surface area contributed by atoms with Crippen molar-refractivity contribution in [3.8, 4) is 17.4 Å². The maximum atomic E-state index is 11.5. The molecule has 0 saturated carbocycles. The van der Waals surface area contributed by atoms with E-state index in [9.17, 15) is 4.79 Å². The van der Waals surface area contributed by atoms with Crippen molar-refractivity contribution in [3.05, 3.63) is 35.0 Å². The zero-order valence-corrected chi connectivity index (χ0v) is 11.9. The molecular formula is C14H12ClN3O3. The SMILES string of the molecule is CC1CC(=O)Oc2cc(Oc3cc(Cl)nc(N)n3)ccc21. The molecule has 108 valence electrons. The number of nitrogens with two attached hydrogens (primary N) is 1. The number of nitrogen functional groups attached to an aromatic ring is 1. The number of benzene rings is 1. The van der Waals surface area contributed by atoms with E-state index in [-0.39, 0.29) is 28.9 Å². The molecule has 0 radical (unpaired) electrons. The van der Waals surface area contributed by atoms with Crippen molar-refractivity contribution >= 4 is 23.5 Å². The van der Waals surface area contributed by atoms with Crippen LogP contribution in [0.4, 0.5) is 5.95 Å². The van der Waals surface area contributed by atoms with E-state index in [1.54, 1.807) is 12.1 Å². The number of carbonyl (C=O) groups is 1. The van der Waals surface area contributed by atoms with Crippen LogP contribution < -0.4 is 15.2 Å². The second-order valence-corrected chi connectivity index (χ2v) is 5.16. The molecule has 2 N–H and O–H groups in total. The predicted molar refractivity (Wildman–Crippen MR) is 76.6 cm³/mol. The molecule has 1 unspecified atom stereocenters. The molecule has 7 heteroatoms. The molecule has 1 aliphatic rings. The van der Waals surface area contributed by atoms with E-state index in [0.717, 1.165) is 5.56 Å². The van der Waals surface area contributed by atoms with E-state index >= 15 is 0 Å². The molecule has 0 aliphatic carbocycles. The topological polar surface area (TPSA) is 87.3 Å². The van der Waals surface area contributed by atoms with E-state index in [1.165, 1.54) is 6.07 Å². The highest BCUT2D eigenvalue weighted by molar-refractivity contribution is 6.29. The van der Waals surface area contributed by atoms with Gasteiger partial charge in [0.05, 0.1) is 6.42 Å². The van der Waals surface area contributed by atoms with Gasteiger partial charge in [-0.3, -0.25) is 4.79 Å². The molecule has 0 amide bonds. The summed E-state index contributed by atoms with van der Waals surface area (Å²) in [6.07, 6.45) is 0.380. The van der Waals surface area contributed by atoms with Gasteiger partial charge in [-0.15, -0.1) is 0 Å². The van der Waals surface area contributed by atoms with Gasteiger partial charge in [-0.1, -0.05) is 24.6 Å². The van der Waals surface area contributed by atoms with Gasteiger partial charge in [-0.05, 0) is 17.5 Å². The highest BCUT2D eigenvalue weighted by Gasteiger charge is 2.24. The smallest absolute Gasteiger partial charge is 0.311 e. The Labute approximate surface area is 125 Å². The third-order valence-corrected chi connectivity index (χ3v) is 3.32. The fraction of sp³-hybridized carbons (Fsp3) is 0.214. The van der Waals surface area contributed by atoms with Crippen LogP contribution in [0.15, 0.2) is 24.3 Å². The number of hydrogen-bond donors (Lipinski definition) is 1. The van der Waals surface area contributed by atoms with Crippen molar-refractivity contribution in [1.82, 2.24) is 9.97 Å². The van der Waals surface area contributed by atoms with Gasteiger partial charge in [0.15, 0.2) is 0 Å². The lowest BCUT2D eigenvalue weighted by Gasteiger charge is -2.21. The molecule has 0 fully saturated rings. The van der Waals surface area contributed by atoms with Crippen molar-refractivity contribution in [2.75, 3.05) is 5.73 Å². The second kappa shape index (κ2) is 5.21. The van der Waals surface area contributed by atoms with Gasteiger partial charge in [0, 0.05) is 12.1 Å². The standard InChI is InChI=1S/C14H12ClN3O3/c1-7-4-13(19)21-10-5-8(2-3-9(7)10)20-12-6-11(15)17-14(16)18-12/h2-3,5-7H,4H2,1H3,(H2,16,17,18). The number of rotatable bonds is 2. The number of aromatic nitrogens is 2. The van der Waals surface area contributed by atoms with Gasteiger partial charge < -0.3 is 15.2 Å². The van der Waals surface area contributed by atoms with Crippen LogP contribution in [0.25, 0.3) is 0 Å². The van der Waals surface area contributed by atoms with E-state index in [1.807, 2.05) is 13.0 Å².